The average Bonchev–Trinajstić information content (AvgIpc) is 1.82. The Morgan fingerprint density at radius 1 is 1.78 bits per heavy atom. The van der Waals surface area contributed by atoms with E-state index in [9.17, 15) is 4.79 Å². The van der Waals surface area contributed by atoms with Crippen molar-refractivity contribution in [1.29, 1.82) is 0 Å². The Kier molecular flexibility index (Phi) is 3.20. The summed E-state index contributed by atoms with van der Waals surface area (Å²) in [7, 11) is 1.41. The fourth-order valence-electron chi connectivity index (χ4n) is 0.226. The molecule has 9 heavy (non-hydrogen) atoms. The van der Waals surface area contributed by atoms with Gasteiger partial charge in [0, 0.05) is 6.08 Å². The standard InChI is InChI=1S/C6H8O3/c1-5(7)6(8)3-4-9-2/h3-4,7H,1H2,2H3/b4-3-. The Balaban J connectivity index is 3.77. The molecule has 50 valence electrons. The smallest absolute Gasteiger partial charge is 0.222 e. The molecule has 0 aliphatic heterocycles. The number of rotatable bonds is 3. The van der Waals surface area contributed by atoms with Gasteiger partial charge >= 0.3 is 0 Å². The fraction of sp³-hybridized carbons (Fsp3) is 0.167. The Labute approximate surface area is 53.3 Å². The van der Waals surface area contributed by atoms with Crippen LogP contribution in [-0.2, 0) is 9.53 Å². The van der Waals surface area contributed by atoms with Crippen LogP contribution in [0.4, 0.5) is 0 Å². The molecule has 0 radical (unpaired) electrons. The summed E-state index contributed by atoms with van der Waals surface area (Å²) in [5, 5.41) is 8.40. The highest BCUT2D eigenvalue weighted by Crippen LogP contribution is 1.86. The van der Waals surface area contributed by atoms with Gasteiger partial charge < -0.3 is 9.84 Å². The number of carbonyl (C=O) groups excluding carboxylic acids is 1. The molecule has 1 N–H and O–H groups in total. The quantitative estimate of drug-likeness (QED) is 0.451. The number of allylic oxidation sites excluding steroid dienone is 1. The number of ether oxygens (including phenoxy) is 1. The molecular weight excluding hydrogens is 120 g/mol. The Bertz CT molecular complexity index is 146. The number of hydrogen-bond acceptors (Lipinski definition) is 3. The molecule has 0 bridgehead atoms. The molecule has 0 atom stereocenters. The zero-order valence-electron chi connectivity index (χ0n) is 5.13. The molecule has 0 rings (SSSR count). The van der Waals surface area contributed by atoms with Gasteiger partial charge in [-0.25, -0.2) is 0 Å². The third-order valence-electron chi connectivity index (χ3n) is 0.640. The van der Waals surface area contributed by atoms with Crippen molar-refractivity contribution in [3.8, 4) is 0 Å². The first kappa shape index (κ1) is 7.75. The van der Waals surface area contributed by atoms with Gasteiger partial charge in [-0.3, -0.25) is 4.79 Å². The van der Waals surface area contributed by atoms with Crippen molar-refractivity contribution in [3.63, 3.8) is 0 Å². The van der Waals surface area contributed by atoms with E-state index in [1.807, 2.05) is 0 Å². The van der Waals surface area contributed by atoms with E-state index in [1.165, 1.54) is 13.4 Å². The third kappa shape index (κ3) is 3.34. The molecule has 0 saturated carbocycles. The predicted octanol–water partition coefficient (Wildman–Crippen LogP) is 0.787. The summed E-state index contributed by atoms with van der Waals surface area (Å²) in [5.41, 5.74) is 0. The van der Waals surface area contributed by atoms with Crippen LogP contribution < -0.4 is 0 Å². The van der Waals surface area contributed by atoms with Crippen molar-refractivity contribution in [2.75, 3.05) is 7.11 Å². The second-order valence-electron chi connectivity index (χ2n) is 1.35. The Morgan fingerprint density at radius 3 is 2.67 bits per heavy atom. The van der Waals surface area contributed by atoms with Gasteiger partial charge in [0.2, 0.25) is 5.78 Å². The molecule has 0 aromatic rings. The summed E-state index contributed by atoms with van der Waals surface area (Å²) < 4.78 is 4.41. The second kappa shape index (κ2) is 3.72. The van der Waals surface area contributed by atoms with Gasteiger partial charge in [-0.15, -0.1) is 0 Å². The van der Waals surface area contributed by atoms with Crippen LogP contribution in [-0.4, -0.2) is 18.0 Å². The minimum Gasteiger partial charge on any atom is -0.505 e. The SMILES string of the molecule is C=C(O)C(=O)/C=C\OC. The first-order valence-corrected chi connectivity index (χ1v) is 2.30. The van der Waals surface area contributed by atoms with E-state index in [2.05, 4.69) is 11.3 Å². The number of aliphatic hydroxyl groups excluding tert-OH is 1. The summed E-state index contributed by atoms with van der Waals surface area (Å²) in [6, 6.07) is 0. The zero-order chi connectivity index (χ0) is 7.28. The first-order chi connectivity index (χ1) is 4.18. The van der Waals surface area contributed by atoms with E-state index >= 15 is 0 Å². The lowest BCUT2D eigenvalue weighted by Gasteiger charge is -1.87. The lowest BCUT2D eigenvalue weighted by Crippen LogP contribution is -1.94. The van der Waals surface area contributed by atoms with Crippen LogP contribution in [0.1, 0.15) is 0 Å². The molecule has 0 spiro atoms. The van der Waals surface area contributed by atoms with Crippen LogP contribution in [0.15, 0.2) is 24.7 Å². The van der Waals surface area contributed by atoms with Crippen LogP contribution in [0.5, 0.6) is 0 Å². The van der Waals surface area contributed by atoms with Gasteiger partial charge in [-0.1, -0.05) is 6.58 Å². The number of methoxy groups -OCH3 is 1. The molecule has 3 nitrogen and oxygen atoms in total. The zero-order valence-corrected chi connectivity index (χ0v) is 5.13. The van der Waals surface area contributed by atoms with Crippen molar-refractivity contribution >= 4 is 5.78 Å². The van der Waals surface area contributed by atoms with E-state index in [0.29, 0.717) is 0 Å². The van der Waals surface area contributed by atoms with E-state index in [0.717, 1.165) is 6.08 Å². The lowest BCUT2D eigenvalue weighted by atomic mass is 10.3. The van der Waals surface area contributed by atoms with Crippen molar-refractivity contribution in [1.82, 2.24) is 0 Å². The third-order valence-corrected chi connectivity index (χ3v) is 0.640. The maximum Gasteiger partial charge on any atom is 0.222 e. The largest absolute Gasteiger partial charge is 0.505 e. The van der Waals surface area contributed by atoms with Gasteiger partial charge in [0.05, 0.1) is 13.4 Å². The molecule has 0 amide bonds. The summed E-state index contributed by atoms with van der Waals surface area (Å²) >= 11 is 0. The van der Waals surface area contributed by atoms with Crippen molar-refractivity contribution in [2.24, 2.45) is 0 Å². The predicted molar refractivity (Wildman–Crippen MR) is 32.9 cm³/mol. The van der Waals surface area contributed by atoms with Gasteiger partial charge in [0.15, 0.2) is 5.76 Å². The maximum atomic E-state index is 10.4. The van der Waals surface area contributed by atoms with Crippen LogP contribution >= 0.6 is 0 Å². The van der Waals surface area contributed by atoms with Crippen LogP contribution in [0.2, 0.25) is 0 Å². The Morgan fingerprint density at radius 2 is 2.33 bits per heavy atom. The number of aliphatic hydroxyl groups is 1. The van der Waals surface area contributed by atoms with E-state index in [4.69, 9.17) is 5.11 Å². The lowest BCUT2D eigenvalue weighted by molar-refractivity contribution is -0.113. The topological polar surface area (TPSA) is 46.5 Å². The van der Waals surface area contributed by atoms with Gasteiger partial charge in [-0.05, 0) is 0 Å². The molecule has 0 aliphatic carbocycles. The maximum absolute atomic E-state index is 10.4. The number of ketones is 1. The molecule has 0 fully saturated rings. The first-order valence-electron chi connectivity index (χ1n) is 2.30. The molecule has 0 aromatic carbocycles. The normalized spacial score (nSPS) is 9.44. The molecule has 0 unspecified atom stereocenters. The van der Waals surface area contributed by atoms with Gasteiger partial charge in [-0.2, -0.15) is 0 Å². The summed E-state index contributed by atoms with van der Waals surface area (Å²) in [6.45, 7) is 3.01. The van der Waals surface area contributed by atoms with Crippen molar-refractivity contribution < 1.29 is 14.6 Å². The average molecular weight is 128 g/mol. The van der Waals surface area contributed by atoms with E-state index in [-0.39, 0.29) is 0 Å². The monoisotopic (exact) mass is 128 g/mol. The highest BCUT2D eigenvalue weighted by molar-refractivity contribution is 6.01. The van der Waals surface area contributed by atoms with E-state index in [1.54, 1.807) is 0 Å². The second-order valence-corrected chi connectivity index (χ2v) is 1.35. The fourth-order valence-corrected chi connectivity index (χ4v) is 0.226. The van der Waals surface area contributed by atoms with Crippen molar-refractivity contribution in [3.05, 3.63) is 24.7 Å². The van der Waals surface area contributed by atoms with Crippen LogP contribution in [0.3, 0.4) is 0 Å². The number of carbonyl (C=O) groups is 1. The highest BCUT2D eigenvalue weighted by atomic mass is 16.5. The molecular formula is C6H8O3. The highest BCUT2D eigenvalue weighted by Gasteiger charge is 1.96. The van der Waals surface area contributed by atoms with Crippen LogP contribution in [0, 0.1) is 0 Å². The number of hydrogen-bond donors (Lipinski definition) is 1. The minimum atomic E-state index is -0.545. The molecule has 3 heteroatoms. The van der Waals surface area contributed by atoms with Gasteiger partial charge in [0.25, 0.3) is 0 Å². The van der Waals surface area contributed by atoms with Crippen LogP contribution in [0.25, 0.3) is 0 Å². The van der Waals surface area contributed by atoms with Crippen molar-refractivity contribution in [2.45, 2.75) is 0 Å². The Hall–Kier alpha value is -1.25. The molecule has 0 aliphatic rings. The van der Waals surface area contributed by atoms with E-state index < -0.39 is 11.5 Å². The van der Waals surface area contributed by atoms with Gasteiger partial charge in [0.1, 0.15) is 0 Å². The summed E-state index contributed by atoms with van der Waals surface area (Å²) in [5.74, 6) is -1.03. The molecule has 0 aromatic heterocycles. The molecule has 0 saturated heterocycles. The molecule has 0 heterocycles. The minimum absolute atomic E-state index is 0.483. The summed E-state index contributed by atoms with van der Waals surface area (Å²) in [4.78, 5) is 10.4. The summed E-state index contributed by atoms with van der Waals surface area (Å²) in [6.07, 6.45) is 2.26.